The van der Waals surface area contributed by atoms with Crippen molar-refractivity contribution in [2.75, 3.05) is 18.5 Å². The zero-order chi connectivity index (χ0) is 13.7. The van der Waals surface area contributed by atoms with E-state index in [0.29, 0.717) is 24.4 Å². The second-order valence-electron chi connectivity index (χ2n) is 4.09. The molecular formula is C14H18N4O. The quantitative estimate of drug-likeness (QED) is 0.893. The zero-order valence-electron chi connectivity index (χ0n) is 11.5. The lowest BCUT2D eigenvalue weighted by Crippen LogP contribution is -2.07. The van der Waals surface area contributed by atoms with Crippen LogP contribution in [-0.4, -0.2) is 28.1 Å². The van der Waals surface area contributed by atoms with Crippen LogP contribution in [0.3, 0.4) is 0 Å². The van der Waals surface area contributed by atoms with Crippen molar-refractivity contribution in [3.63, 3.8) is 0 Å². The third kappa shape index (κ3) is 3.40. The number of hydrogen-bond acceptors (Lipinski definition) is 5. The number of ether oxygens (including phenoxy) is 1. The summed E-state index contributed by atoms with van der Waals surface area (Å²) in [4.78, 5) is 12.9. The molecule has 0 spiro atoms. The van der Waals surface area contributed by atoms with Crippen LogP contribution in [0, 0.1) is 6.92 Å². The highest BCUT2D eigenvalue weighted by Gasteiger charge is 2.08. The second kappa shape index (κ2) is 6.13. The molecule has 0 radical (unpaired) electrons. The number of rotatable bonds is 5. The Kier molecular flexibility index (Phi) is 4.28. The number of nitrogens with zero attached hydrogens (tertiary/aromatic N) is 3. The summed E-state index contributed by atoms with van der Waals surface area (Å²) < 4.78 is 5.38. The molecule has 5 heteroatoms. The highest BCUT2D eigenvalue weighted by molar-refractivity contribution is 5.56. The zero-order valence-corrected chi connectivity index (χ0v) is 11.5. The van der Waals surface area contributed by atoms with Crippen LogP contribution in [-0.2, 0) is 0 Å². The van der Waals surface area contributed by atoms with Gasteiger partial charge in [0.15, 0.2) is 5.82 Å². The molecule has 2 rings (SSSR count). The molecule has 19 heavy (non-hydrogen) atoms. The maximum atomic E-state index is 5.38. The number of aromatic nitrogens is 3. The van der Waals surface area contributed by atoms with Gasteiger partial charge in [0.1, 0.15) is 0 Å². The van der Waals surface area contributed by atoms with Crippen LogP contribution < -0.4 is 10.1 Å². The van der Waals surface area contributed by atoms with Gasteiger partial charge in [0.2, 0.25) is 5.95 Å². The van der Waals surface area contributed by atoms with Gasteiger partial charge in [-0.15, -0.1) is 0 Å². The van der Waals surface area contributed by atoms with Gasteiger partial charge in [-0.1, -0.05) is 29.8 Å². The first-order chi connectivity index (χ1) is 9.22. The maximum absolute atomic E-state index is 5.38. The van der Waals surface area contributed by atoms with E-state index in [4.69, 9.17) is 4.74 Å². The molecule has 5 nitrogen and oxygen atoms in total. The number of anilines is 1. The molecule has 0 aliphatic heterocycles. The second-order valence-corrected chi connectivity index (χ2v) is 4.09. The molecule has 1 heterocycles. The first-order valence-corrected chi connectivity index (χ1v) is 6.42. The molecule has 0 aliphatic rings. The number of nitrogens with one attached hydrogen (secondary N) is 1. The Morgan fingerprint density at radius 3 is 2.42 bits per heavy atom. The Balaban J connectivity index is 2.40. The third-order valence-corrected chi connectivity index (χ3v) is 2.53. The van der Waals surface area contributed by atoms with Crippen LogP contribution in [0.15, 0.2) is 24.3 Å². The standard InChI is InChI=1S/C14H18N4O/c1-4-15-13-16-12(17-14(18-13)19-5-2)11-8-6-10(3)7-9-11/h6-9H,4-5H2,1-3H3,(H,15,16,17,18). The summed E-state index contributed by atoms with van der Waals surface area (Å²) in [5.41, 5.74) is 2.16. The highest BCUT2D eigenvalue weighted by Crippen LogP contribution is 2.19. The fraction of sp³-hybridized carbons (Fsp3) is 0.357. The summed E-state index contributed by atoms with van der Waals surface area (Å²) in [6.45, 7) is 7.23. The van der Waals surface area contributed by atoms with Crippen molar-refractivity contribution in [1.82, 2.24) is 15.0 Å². The Labute approximate surface area is 113 Å². The Morgan fingerprint density at radius 2 is 1.79 bits per heavy atom. The summed E-state index contributed by atoms with van der Waals surface area (Å²) in [6, 6.07) is 8.41. The summed E-state index contributed by atoms with van der Waals surface area (Å²) in [7, 11) is 0. The molecule has 2 aromatic rings. The molecule has 0 saturated heterocycles. The van der Waals surface area contributed by atoms with Crippen LogP contribution in [0.2, 0.25) is 0 Å². The van der Waals surface area contributed by atoms with Crippen molar-refractivity contribution in [3.05, 3.63) is 29.8 Å². The van der Waals surface area contributed by atoms with Gasteiger partial charge in [-0.25, -0.2) is 0 Å². The van der Waals surface area contributed by atoms with Crippen molar-refractivity contribution in [1.29, 1.82) is 0 Å². The van der Waals surface area contributed by atoms with Crippen molar-refractivity contribution in [2.45, 2.75) is 20.8 Å². The van der Waals surface area contributed by atoms with E-state index < -0.39 is 0 Å². The summed E-state index contributed by atoms with van der Waals surface area (Å²) in [6.07, 6.45) is 0. The molecule has 0 aliphatic carbocycles. The normalized spacial score (nSPS) is 10.3. The summed E-state index contributed by atoms with van der Waals surface area (Å²) in [5.74, 6) is 1.16. The van der Waals surface area contributed by atoms with Crippen LogP contribution >= 0.6 is 0 Å². The Morgan fingerprint density at radius 1 is 1.05 bits per heavy atom. The third-order valence-electron chi connectivity index (χ3n) is 2.53. The lowest BCUT2D eigenvalue weighted by molar-refractivity contribution is 0.312. The molecule has 1 aromatic heterocycles. The van der Waals surface area contributed by atoms with E-state index in [1.807, 2.05) is 45.0 Å². The van der Waals surface area contributed by atoms with E-state index in [2.05, 4.69) is 20.3 Å². The largest absolute Gasteiger partial charge is 0.464 e. The molecule has 0 bridgehead atoms. The van der Waals surface area contributed by atoms with Crippen LogP contribution in [0.5, 0.6) is 6.01 Å². The summed E-state index contributed by atoms with van der Waals surface area (Å²) >= 11 is 0. The van der Waals surface area contributed by atoms with Crippen LogP contribution in [0.25, 0.3) is 11.4 Å². The van der Waals surface area contributed by atoms with Crippen molar-refractivity contribution < 1.29 is 4.74 Å². The molecule has 0 atom stereocenters. The minimum atomic E-state index is 0.351. The molecule has 0 unspecified atom stereocenters. The Hall–Kier alpha value is -2.17. The molecule has 1 N–H and O–H groups in total. The van der Waals surface area contributed by atoms with Gasteiger partial charge in [0.25, 0.3) is 0 Å². The topological polar surface area (TPSA) is 59.9 Å². The van der Waals surface area contributed by atoms with E-state index in [1.54, 1.807) is 0 Å². The SMILES string of the molecule is CCNc1nc(OCC)nc(-c2ccc(C)cc2)n1. The van der Waals surface area contributed by atoms with E-state index in [9.17, 15) is 0 Å². The van der Waals surface area contributed by atoms with Gasteiger partial charge in [-0.05, 0) is 20.8 Å². The molecule has 0 saturated carbocycles. The lowest BCUT2D eigenvalue weighted by Gasteiger charge is -2.08. The predicted octanol–water partition coefficient (Wildman–Crippen LogP) is 2.68. The van der Waals surface area contributed by atoms with Crippen LogP contribution in [0.1, 0.15) is 19.4 Å². The summed E-state index contributed by atoms with van der Waals surface area (Å²) in [5, 5.41) is 3.09. The van der Waals surface area contributed by atoms with Crippen molar-refractivity contribution in [3.8, 4) is 17.4 Å². The van der Waals surface area contributed by atoms with Gasteiger partial charge < -0.3 is 10.1 Å². The minimum absolute atomic E-state index is 0.351. The number of benzene rings is 1. The van der Waals surface area contributed by atoms with Gasteiger partial charge in [-0.3, -0.25) is 0 Å². The lowest BCUT2D eigenvalue weighted by atomic mass is 10.1. The molecule has 1 aromatic carbocycles. The monoisotopic (exact) mass is 258 g/mol. The first-order valence-electron chi connectivity index (χ1n) is 6.42. The van der Waals surface area contributed by atoms with E-state index >= 15 is 0 Å². The average Bonchev–Trinajstić information content (AvgIpc) is 2.40. The Bertz CT molecular complexity index is 515. The van der Waals surface area contributed by atoms with Crippen LogP contribution in [0.4, 0.5) is 5.95 Å². The van der Waals surface area contributed by atoms with E-state index in [-0.39, 0.29) is 0 Å². The predicted molar refractivity (Wildman–Crippen MR) is 75.3 cm³/mol. The maximum Gasteiger partial charge on any atom is 0.321 e. The van der Waals surface area contributed by atoms with Gasteiger partial charge in [0, 0.05) is 12.1 Å². The smallest absolute Gasteiger partial charge is 0.321 e. The van der Waals surface area contributed by atoms with E-state index in [0.717, 1.165) is 12.1 Å². The molecular weight excluding hydrogens is 240 g/mol. The number of aryl methyl sites for hydroxylation is 1. The fourth-order valence-electron chi connectivity index (χ4n) is 1.62. The van der Waals surface area contributed by atoms with Gasteiger partial charge >= 0.3 is 6.01 Å². The van der Waals surface area contributed by atoms with Gasteiger partial charge in [0.05, 0.1) is 6.61 Å². The minimum Gasteiger partial charge on any atom is -0.464 e. The highest BCUT2D eigenvalue weighted by atomic mass is 16.5. The fourth-order valence-corrected chi connectivity index (χ4v) is 1.62. The van der Waals surface area contributed by atoms with E-state index in [1.165, 1.54) is 5.56 Å². The average molecular weight is 258 g/mol. The van der Waals surface area contributed by atoms with Crippen molar-refractivity contribution >= 4 is 5.95 Å². The van der Waals surface area contributed by atoms with Crippen molar-refractivity contribution in [2.24, 2.45) is 0 Å². The molecule has 100 valence electrons. The number of hydrogen-bond donors (Lipinski definition) is 1. The van der Waals surface area contributed by atoms with Gasteiger partial charge in [-0.2, -0.15) is 15.0 Å². The molecule has 0 amide bonds. The molecule has 0 fully saturated rings. The first kappa shape index (κ1) is 13.3.